The van der Waals surface area contributed by atoms with Crippen molar-refractivity contribution in [2.45, 2.75) is 64.6 Å². The molecule has 6 aromatic carbocycles. The maximum Gasteiger partial charge on any atom is 0.201 e. The van der Waals surface area contributed by atoms with Crippen LogP contribution in [0.25, 0.3) is 111 Å². The van der Waals surface area contributed by atoms with E-state index < -0.39 is 5.67 Å². The number of benzene rings is 6. The molecular formula is C75H65FN22O4. The van der Waals surface area contributed by atoms with Gasteiger partial charge in [0.25, 0.3) is 0 Å². The Morgan fingerprint density at radius 1 is 0.441 bits per heavy atom. The number of nitrogens with zero attached hydrogens (tertiary/aromatic N) is 14. The fourth-order valence-corrected chi connectivity index (χ4v) is 12.4. The van der Waals surface area contributed by atoms with Crippen molar-refractivity contribution in [3.8, 4) is 22.5 Å². The highest BCUT2D eigenvalue weighted by Gasteiger charge is 2.31. The van der Waals surface area contributed by atoms with E-state index in [1.54, 1.807) is 44.0 Å². The van der Waals surface area contributed by atoms with Crippen molar-refractivity contribution in [1.82, 2.24) is 91.2 Å². The predicted molar refractivity (Wildman–Crippen MR) is 391 cm³/mol. The fraction of sp³-hybridized carbons (Fsp3) is 0.160. The Bertz CT molecular complexity index is 5700. The zero-order valence-corrected chi connectivity index (χ0v) is 55.2. The third-order valence-corrected chi connectivity index (χ3v) is 17.6. The summed E-state index contributed by atoms with van der Waals surface area (Å²) >= 11 is 0. The molecule has 0 spiro atoms. The first-order valence-corrected chi connectivity index (χ1v) is 33.4. The van der Waals surface area contributed by atoms with E-state index in [1.165, 1.54) is 19.3 Å². The smallest absolute Gasteiger partial charge is 0.201 e. The van der Waals surface area contributed by atoms with Crippen molar-refractivity contribution >= 4 is 134 Å². The van der Waals surface area contributed by atoms with Crippen LogP contribution in [0.15, 0.2) is 219 Å². The van der Waals surface area contributed by atoms with Gasteiger partial charge < -0.3 is 39.4 Å². The number of fused-ring (bicyclic) bond motifs is 8. The average molecular weight is 1360 g/mol. The van der Waals surface area contributed by atoms with Crippen LogP contribution < -0.4 is 21.3 Å². The van der Waals surface area contributed by atoms with Gasteiger partial charge in [0.05, 0.1) is 16.4 Å². The molecule has 0 radical (unpaired) electrons. The van der Waals surface area contributed by atoms with E-state index in [2.05, 4.69) is 119 Å². The first kappa shape index (κ1) is 63.4. The van der Waals surface area contributed by atoms with Crippen LogP contribution in [-0.4, -0.2) is 104 Å². The number of aromatic amines is 4. The Morgan fingerprint density at radius 2 is 0.931 bits per heavy atom. The number of pyridine rings is 3. The van der Waals surface area contributed by atoms with Crippen molar-refractivity contribution < 1.29 is 22.5 Å². The SMILES string of the molecule is CCCCC(C)(F)c1noc2cc(Nc3n[nH]c4cccnc34)ccc12.c1ccc(-c2noc3cc(Nc4[nH]nc5ncccc45)ccc23)cc1.c1ccc(-c2noc3cc(Nc4[nH]nc5nccnc45)ccc23)cc1.c1cnc2c(Nc3ccc4c(CN5CCCCC5)noc4c3)n[nH]c2c1. The highest BCUT2D eigenvalue weighted by molar-refractivity contribution is 5.97. The number of halogens is 1. The van der Waals surface area contributed by atoms with E-state index in [-0.39, 0.29) is 0 Å². The van der Waals surface area contributed by atoms with Crippen molar-refractivity contribution in [1.29, 1.82) is 0 Å². The summed E-state index contributed by atoms with van der Waals surface area (Å²) in [5.74, 6) is 2.81. The van der Waals surface area contributed by atoms with Gasteiger partial charge in [-0.3, -0.25) is 35.3 Å². The summed E-state index contributed by atoms with van der Waals surface area (Å²) in [5, 5.41) is 63.1. The molecule has 27 heteroatoms. The molecule has 1 fully saturated rings. The number of hydrogen-bond donors (Lipinski definition) is 8. The van der Waals surface area contributed by atoms with Gasteiger partial charge in [-0.1, -0.05) is 107 Å². The topological polar surface area (TPSA) is 335 Å². The van der Waals surface area contributed by atoms with E-state index in [0.29, 0.717) is 62.9 Å². The van der Waals surface area contributed by atoms with Gasteiger partial charge in [0, 0.05) is 117 Å². The molecule has 19 rings (SSSR count). The molecular weight excluding hydrogens is 1290 g/mol. The van der Waals surface area contributed by atoms with E-state index in [9.17, 15) is 4.39 Å². The van der Waals surface area contributed by atoms with Crippen molar-refractivity contribution in [2.24, 2.45) is 0 Å². The Hall–Kier alpha value is -13.3. The lowest BCUT2D eigenvalue weighted by atomic mass is 9.95. The fourth-order valence-electron chi connectivity index (χ4n) is 12.4. The highest BCUT2D eigenvalue weighted by Crippen LogP contribution is 2.38. The van der Waals surface area contributed by atoms with Gasteiger partial charge in [0.15, 0.2) is 56.6 Å². The van der Waals surface area contributed by atoms with E-state index in [4.69, 9.17) is 18.1 Å². The molecule has 18 aromatic rings. The Labute approximate surface area is 578 Å². The normalized spacial score (nSPS) is 13.0. The van der Waals surface area contributed by atoms with Gasteiger partial charge >= 0.3 is 0 Å². The lowest BCUT2D eigenvalue weighted by molar-refractivity contribution is 0.161. The molecule has 1 atom stereocenters. The Balaban J connectivity index is 0.000000105. The summed E-state index contributed by atoms with van der Waals surface area (Å²) in [6.07, 6.45) is 14.5. The van der Waals surface area contributed by atoms with Gasteiger partial charge in [0.1, 0.15) is 39.6 Å². The summed E-state index contributed by atoms with van der Waals surface area (Å²) in [5.41, 5.74) is 15.0. The lowest BCUT2D eigenvalue weighted by Gasteiger charge is -2.25. The maximum atomic E-state index is 15.0. The zero-order valence-electron chi connectivity index (χ0n) is 55.2. The minimum atomic E-state index is -1.50. The molecule has 26 nitrogen and oxygen atoms in total. The number of anilines is 8. The molecule has 0 bridgehead atoms. The number of rotatable bonds is 16. The van der Waals surface area contributed by atoms with E-state index in [0.717, 1.165) is 144 Å². The third-order valence-electron chi connectivity index (χ3n) is 17.6. The van der Waals surface area contributed by atoms with E-state index >= 15 is 0 Å². The molecule has 12 aromatic heterocycles. The first-order valence-electron chi connectivity index (χ1n) is 33.4. The molecule has 1 saturated heterocycles. The maximum absolute atomic E-state index is 15.0. The van der Waals surface area contributed by atoms with Crippen LogP contribution in [0.1, 0.15) is 63.8 Å². The molecule has 0 amide bonds. The lowest BCUT2D eigenvalue weighted by Crippen LogP contribution is -2.29. The van der Waals surface area contributed by atoms with Crippen LogP contribution in [0.4, 0.5) is 50.4 Å². The molecule has 0 saturated carbocycles. The Kier molecular flexibility index (Phi) is 17.6. The van der Waals surface area contributed by atoms with Crippen LogP contribution in [0.3, 0.4) is 0 Å². The summed E-state index contributed by atoms with van der Waals surface area (Å²) in [6, 6.07) is 54.7. The van der Waals surface area contributed by atoms with Crippen molar-refractivity contribution in [3.05, 3.63) is 212 Å². The Morgan fingerprint density at radius 3 is 1.56 bits per heavy atom. The van der Waals surface area contributed by atoms with Crippen molar-refractivity contribution in [2.75, 3.05) is 34.4 Å². The first-order chi connectivity index (χ1) is 50.2. The number of nitrogens with one attached hydrogen (secondary N) is 8. The van der Waals surface area contributed by atoms with Crippen LogP contribution in [-0.2, 0) is 12.2 Å². The number of hydrogen-bond acceptors (Lipinski definition) is 22. The molecule has 1 aliphatic heterocycles. The van der Waals surface area contributed by atoms with Crippen LogP contribution >= 0.6 is 0 Å². The van der Waals surface area contributed by atoms with Crippen LogP contribution in [0.5, 0.6) is 0 Å². The second kappa shape index (κ2) is 28.3. The molecule has 13 heterocycles. The number of piperidine rings is 1. The second-order valence-corrected chi connectivity index (χ2v) is 24.7. The number of H-pyrrole nitrogens is 4. The number of alkyl halides is 1. The molecule has 506 valence electrons. The standard InChI is InChI=1S/C19H20FN5O.C19H20N6O.C19H13N5O.C18H12N6O/c1-3-4-9-19(2,20)17-13-8-7-12(11-15(13)26-25-17)22-18-16-14(23-24-18)6-5-10-21-16;1-2-9-25(10-3-1)12-16-14-7-6-13(11-17(14)26-24-16)21-19-18-15(22-23-19)5-4-8-20-18;1-2-5-12(6-3-1)17-14-9-8-13(11-16(14)25-24-17)21-19-15-7-4-10-20-18(15)22-23-19;1-2-4-11(5-3-1)15-13-7-6-12(10-14(13)25-24-15)21-18-16-17(22-23-18)20-9-8-19-16/h5-8,10-11H,3-4,9H2,1-2H3,(H2,22,23,24);4-8,11H,1-3,9-10,12H2,(H2,21,22,23);1-11H,(H2,20,21,22,23);1-10H,(H2,20,21,22,23). The van der Waals surface area contributed by atoms with Gasteiger partial charge in [0.2, 0.25) is 5.65 Å². The van der Waals surface area contributed by atoms with Crippen LogP contribution in [0, 0.1) is 0 Å². The van der Waals surface area contributed by atoms with Gasteiger partial charge in [-0.15, -0.1) is 0 Å². The molecule has 8 N–H and O–H groups in total. The average Bonchev–Trinajstić information content (AvgIpc) is 1.59. The molecule has 1 aliphatic rings. The van der Waals surface area contributed by atoms with Gasteiger partial charge in [-0.05, 0) is 124 Å². The molecule has 102 heavy (non-hydrogen) atoms. The zero-order chi connectivity index (χ0) is 68.8. The van der Waals surface area contributed by atoms with E-state index in [1.807, 2.05) is 165 Å². The summed E-state index contributed by atoms with van der Waals surface area (Å²) in [7, 11) is 0. The minimum Gasteiger partial charge on any atom is -0.356 e. The van der Waals surface area contributed by atoms with Crippen LogP contribution in [0.2, 0.25) is 0 Å². The number of aromatic nitrogens is 17. The largest absolute Gasteiger partial charge is 0.356 e. The third kappa shape index (κ3) is 13.4. The predicted octanol–water partition coefficient (Wildman–Crippen LogP) is 17.5. The quantitative estimate of drug-likeness (QED) is 0.0445. The highest BCUT2D eigenvalue weighted by atomic mass is 19.1. The van der Waals surface area contributed by atoms with Gasteiger partial charge in [-0.25, -0.2) is 19.3 Å². The molecule has 1 unspecified atom stereocenters. The minimum absolute atomic E-state index is 0.361. The number of unbranched alkanes of at least 4 members (excludes halogenated alkanes) is 1. The summed E-state index contributed by atoms with van der Waals surface area (Å²) < 4.78 is 37.0. The van der Waals surface area contributed by atoms with Crippen molar-refractivity contribution in [3.63, 3.8) is 0 Å². The van der Waals surface area contributed by atoms with Gasteiger partial charge in [-0.2, -0.15) is 20.4 Å². The number of likely N-dealkylation sites (tertiary alicyclic amines) is 1. The summed E-state index contributed by atoms with van der Waals surface area (Å²) in [4.78, 5) is 23.8. The second-order valence-electron chi connectivity index (χ2n) is 24.7. The summed E-state index contributed by atoms with van der Waals surface area (Å²) in [6.45, 7) is 6.75. The molecule has 0 aliphatic carbocycles. The monoisotopic (exact) mass is 1360 g/mol.